The van der Waals surface area contributed by atoms with Crippen LogP contribution in [0.2, 0.25) is 0 Å². The smallest absolute Gasteiger partial charge is 0.309 e. The van der Waals surface area contributed by atoms with Gasteiger partial charge in [-0.15, -0.1) is 0 Å². The number of fused-ring (bicyclic) bond motifs is 1. The summed E-state index contributed by atoms with van der Waals surface area (Å²) in [5.41, 5.74) is 4.33. The summed E-state index contributed by atoms with van der Waals surface area (Å²) in [6, 6.07) is 13.7. The fourth-order valence-electron chi connectivity index (χ4n) is 4.35. The Morgan fingerprint density at radius 2 is 1.61 bits per heavy atom. The first-order valence-corrected chi connectivity index (χ1v) is 11.0. The summed E-state index contributed by atoms with van der Waals surface area (Å²) in [6.45, 7) is 6.71. The van der Waals surface area contributed by atoms with Gasteiger partial charge in [-0.1, -0.05) is 30.3 Å². The molecule has 0 saturated carbocycles. The molecule has 2 aliphatic rings. The van der Waals surface area contributed by atoms with Crippen molar-refractivity contribution in [3.05, 3.63) is 59.2 Å². The number of Topliss-reactive ketones (excluding diaryl/α,β-unsaturated/α-hetero) is 1. The number of likely N-dealkylation sites (tertiary alicyclic amines) is 1. The molecule has 1 amide bonds. The highest BCUT2D eigenvalue weighted by Gasteiger charge is 2.31. The molecular formula is C26H29NO4. The van der Waals surface area contributed by atoms with E-state index in [1.54, 1.807) is 0 Å². The van der Waals surface area contributed by atoms with Crippen LogP contribution >= 0.6 is 0 Å². The van der Waals surface area contributed by atoms with Crippen LogP contribution < -0.4 is 0 Å². The van der Waals surface area contributed by atoms with Gasteiger partial charge in [0.05, 0.1) is 5.92 Å². The molecule has 162 valence electrons. The number of rotatable bonds is 3. The van der Waals surface area contributed by atoms with E-state index in [-0.39, 0.29) is 23.6 Å². The van der Waals surface area contributed by atoms with Gasteiger partial charge < -0.3 is 9.64 Å². The number of piperidine rings is 1. The van der Waals surface area contributed by atoms with E-state index in [0.717, 1.165) is 22.3 Å². The summed E-state index contributed by atoms with van der Waals surface area (Å²) in [5, 5.41) is 0. The Hall–Kier alpha value is -2.95. The van der Waals surface area contributed by atoms with Gasteiger partial charge in [-0.3, -0.25) is 14.4 Å². The molecule has 1 aliphatic carbocycles. The first-order valence-electron chi connectivity index (χ1n) is 11.0. The minimum Gasteiger partial charge on any atom is -0.460 e. The predicted octanol–water partition coefficient (Wildman–Crippen LogP) is 4.22. The number of carbonyl (C=O) groups is 3. The van der Waals surface area contributed by atoms with Gasteiger partial charge in [0.1, 0.15) is 11.4 Å². The van der Waals surface area contributed by atoms with E-state index in [1.807, 2.05) is 62.1 Å². The van der Waals surface area contributed by atoms with E-state index in [4.69, 9.17) is 4.74 Å². The first-order chi connectivity index (χ1) is 14.7. The Morgan fingerprint density at radius 1 is 0.935 bits per heavy atom. The molecule has 1 heterocycles. The van der Waals surface area contributed by atoms with Crippen molar-refractivity contribution in [3.8, 4) is 11.1 Å². The maximum absolute atomic E-state index is 13.1. The number of amides is 1. The van der Waals surface area contributed by atoms with E-state index in [2.05, 4.69) is 6.07 Å². The SMILES string of the molecule is CC(C)(C)OC(=O)C1CCN(C(=O)c2cccc(-c3ccc4c(c3)CC(=O)C4)c2)CC1. The summed E-state index contributed by atoms with van der Waals surface area (Å²) < 4.78 is 5.50. The average molecular weight is 420 g/mol. The molecule has 0 N–H and O–H groups in total. The molecule has 5 heteroatoms. The topological polar surface area (TPSA) is 63.7 Å². The van der Waals surface area contributed by atoms with Crippen molar-refractivity contribution < 1.29 is 19.1 Å². The number of nitrogens with zero attached hydrogens (tertiary/aromatic N) is 1. The monoisotopic (exact) mass is 419 g/mol. The van der Waals surface area contributed by atoms with E-state index >= 15 is 0 Å². The number of hydrogen-bond donors (Lipinski definition) is 0. The van der Waals surface area contributed by atoms with Gasteiger partial charge in [0, 0.05) is 31.5 Å². The van der Waals surface area contributed by atoms with Crippen molar-refractivity contribution >= 4 is 17.7 Å². The predicted molar refractivity (Wildman–Crippen MR) is 119 cm³/mol. The highest BCUT2D eigenvalue weighted by molar-refractivity contribution is 5.96. The molecule has 4 rings (SSSR count). The van der Waals surface area contributed by atoms with E-state index < -0.39 is 5.60 Å². The molecule has 2 aromatic carbocycles. The largest absolute Gasteiger partial charge is 0.460 e. The minimum absolute atomic E-state index is 0.0131. The summed E-state index contributed by atoms with van der Waals surface area (Å²) >= 11 is 0. The lowest BCUT2D eigenvalue weighted by Crippen LogP contribution is -2.41. The second-order valence-corrected chi connectivity index (χ2v) is 9.56. The van der Waals surface area contributed by atoms with Crippen LogP contribution in [0.3, 0.4) is 0 Å². The molecule has 0 aromatic heterocycles. The van der Waals surface area contributed by atoms with Gasteiger partial charge in [-0.25, -0.2) is 0 Å². The molecule has 1 saturated heterocycles. The maximum atomic E-state index is 13.1. The van der Waals surface area contributed by atoms with Gasteiger partial charge in [-0.2, -0.15) is 0 Å². The van der Waals surface area contributed by atoms with Crippen molar-refractivity contribution in [2.45, 2.75) is 52.1 Å². The number of hydrogen-bond acceptors (Lipinski definition) is 4. The third-order valence-electron chi connectivity index (χ3n) is 5.95. The lowest BCUT2D eigenvalue weighted by atomic mass is 9.95. The fraction of sp³-hybridized carbons (Fsp3) is 0.423. The minimum atomic E-state index is -0.491. The summed E-state index contributed by atoms with van der Waals surface area (Å²) in [5.74, 6) is -0.0767. The van der Waals surface area contributed by atoms with Crippen LogP contribution in [0.15, 0.2) is 42.5 Å². The van der Waals surface area contributed by atoms with Gasteiger partial charge in [-0.05, 0) is 68.0 Å². The van der Waals surface area contributed by atoms with Gasteiger partial charge in [0.15, 0.2) is 0 Å². The Kier molecular flexibility index (Phi) is 5.69. The lowest BCUT2D eigenvalue weighted by Gasteiger charge is -2.32. The molecule has 0 unspecified atom stereocenters. The number of esters is 1. The zero-order chi connectivity index (χ0) is 22.2. The summed E-state index contributed by atoms with van der Waals surface area (Å²) in [6.07, 6.45) is 2.26. The number of benzene rings is 2. The Labute approximate surface area is 183 Å². The molecular weight excluding hydrogens is 390 g/mol. The summed E-state index contributed by atoms with van der Waals surface area (Å²) in [7, 11) is 0. The normalized spacial score (nSPS) is 16.9. The Bertz CT molecular complexity index is 1030. The van der Waals surface area contributed by atoms with Crippen LogP contribution in [0.25, 0.3) is 11.1 Å². The highest BCUT2D eigenvalue weighted by Crippen LogP contribution is 2.28. The molecule has 1 aliphatic heterocycles. The quantitative estimate of drug-likeness (QED) is 0.699. The van der Waals surface area contributed by atoms with Crippen molar-refractivity contribution in [1.82, 2.24) is 4.90 Å². The number of ether oxygens (including phenoxy) is 1. The third kappa shape index (κ3) is 4.87. The molecule has 2 aromatic rings. The van der Waals surface area contributed by atoms with Gasteiger partial charge in [0.25, 0.3) is 5.91 Å². The van der Waals surface area contributed by atoms with Crippen molar-refractivity contribution in [1.29, 1.82) is 0 Å². The first kappa shape index (κ1) is 21.3. The zero-order valence-electron chi connectivity index (χ0n) is 18.4. The van der Waals surface area contributed by atoms with Crippen LogP contribution in [0.1, 0.15) is 55.1 Å². The molecule has 0 atom stereocenters. The lowest BCUT2D eigenvalue weighted by molar-refractivity contribution is -0.161. The highest BCUT2D eigenvalue weighted by atomic mass is 16.6. The number of ketones is 1. The van der Waals surface area contributed by atoms with Gasteiger partial charge >= 0.3 is 5.97 Å². The van der Waals surface area contributed by atoms with Crippen LogP contribution in [-0.2, 0) is 27.2 Å². The van der Waals surface area contributed by atoms with E-state index in [9.17, 15) is 14.4 Å². The molecule has 31 heavy (non-hydrogen) atoms. The zero-order valence-corrected chi connectivity index (χ0v) is 18.4. The Balaban J connectivity index is 1.43. The summed E-state index contributed by atoms with van der Waals surface area (Å²) in [4.78, 5) is 38.9. The van der Waals surface area contributed by atoms with Gasteiger partial charge in [0.2, 0.25) is 0 Å². The molecule has 1 fully saturated rings. The number of carbonyl (C=O) groups excluding carboxylic acids is 3. The van der Waals surface area contributed by atoms with Crippen LogP contribution in [-0.4, -0.2) is 41.3 Å². The standard InChI is InChI=1S/C26H29NO4/c1-26(2,3)31-25(30)17-9-11-27(12-10-17)24(29)21-6-4-5-18(13-21)19-7-8-20-15-23(28)16-22(20)14-19/h4-8,13-14,17H,9-12,15-16H2,1-3H3. The molecule has 0 bridgehead atoms. The average Bonchev–Trinajstić information content (AvgIpc) is 3.11. The fourth-order valence-corrected chi connectivity index (χ4v) is 4.35. The van der Waals surface area contributed by atoms with E-state index in [1.165, 1.54) is 0 Å². The second-order valence-electron chi connectivity index (χ2n) is 9.56. The third-order valence-corrected chi connectivity index (χ3v) is 5.95. The van der Waals surface area contributed by atoms with Crippen LogP contribution in [0, 0.1) is 5.92 Å². The second kappa shape index (κ2) is 8.29. The maximum Gasteiger partial charge on any atom is 0.309 e. The molecule has 0 radical (unpaired) electrons. The van der Waals surface area contributed by atoms with Crippen LogP contribution in [0.5, 0.6) is 0 Å². The molecule has 5 nitrogen and oxygen atoms in total. The van der Waals surface area contributed by atoms with Crippen molar-refractivity contribution in [2.24, 2.45) is 5.92 Å². The van der Waals surface area contributed by atoms with E-state index in [0.29, 0.717) is 44.3 Å². The molecule has 0 spiro atoms. The van der Waals surface area contributed by atoms with Crippen molar-refractivity contribution in [2.75, 3.05) is 13.1 Å². The van der Waals surface area contributed by atoms with Crippen molar-refractivity contribution in [3.63, 3.8) is 0 Å². The van der Waals surface area contributed by atoms with Crippen LogP contribution in [0.4, 0.5) is 0 Å². The Morgan fingerprint density at radius 3 is 2.32 bits per heavy atom.